The van der Waals surface area contributed by atoms with E-state index in [1.54, 1.807) is 0 Å². The van der Waals surface area contributed by atoms with Gasteiger partial charge >= 0.3 is 6.18 Å². The van der Waals surface area contributed by atoms with Gasteiger partial charge in [0.2, 0.25) is 0 Å². The number of hydrogen-bond acceptors (Lipinski definition) is 1. The summed E-state index contributed by atoms with van der Waals surface area (Å²) in [7, 11) is 0. The molecule has 1 N–H and O–H groups in total. The van der Waals surface area contributed by atoms with E-state index in [2.05, 4.69) is 25.9 Å². The molecule has 0 saturated heterocycles. The Balaban J connectivity index is 2.82. The van der Waals surface area contributed by atoms with Gasteiger partial charge in [-0.15, -0.1) is 0 Å². The van der Waals surface area contributed by atoms with E-state index in [1.807, 2.05) is 0 Å². The summed E-state index contributed by atoms with van der Waals surface area (Å²) in [6, 6.07) is 0.697. The summed E-state index contributed by atoms with van der Waals surface area (Å²) in [6.45, 7) is 0. The molecule has 2 rings (SSSR count). The normalized spacial score (nSPS) is 12.3. The zero-order chi connectivity index (χ0) is 11.2. The number of halogens is 5. The Kier molecular flexibility index (Phi) is 2.22. The van der Waals surface area contributed by atoms with Gasteiger partial charge in [-0.05, 0) is 22.0 Å². The van der Waals surface area contributed by atoms with Gasteiger partial charge < -0.3 is 4.98 Å². The third-order valence-electron chi connectivity index (χ3n) is 1.90. The molecule has 0 aliphatic heterocycles. The van der Waals surface area contributed by atoms with Crippen LogP contribution in [0.15, 0.2) is 16.9 Å². The predicted molar refractivity (Wildman–Crippen MR) is 48.8 cm³/mol. The van der Waals surface area contributed by atoms with Gasteiger partial charge in [0, 0.05) is 0 Å². The molecule has 0 aliphatic carbocycles. The lowest BCUT2D eigenvalue weighted by atomic mass is 10.2. The fourth-order valence-electron chi connectivity index (χ4n) is 1.23. The molecule has 15 heavy (non-hydrogen) atoms. The standard InChI is InChI=1S/C8H3BrF4N2/c9-5-6(10)3(8(11,12)13)1-4-7(5)15-2-14-4/h1-2H,(H,14,15). The monoisotopic (exact) mass is 282 g/mol. The van der Waals surface area contributed by atoms with Crippen LogP contribution in [0.1, 0.15) is 5.56 Å². The van der Waals surface area contributed by atoms with Crippen molar-refractivity contribution >= 4 is 27.0 Å². The van der Waals surface area contributed by atoms with Crippen LogP contribution in [0.2, 0.25) is 0 Å². The maximum Gasteiger partial charge on any atom is 0.419 e. The lowest BCUT2D eigenvalue weighted by molar-refractivity contribution is -0.139. The number of fused-ring (bicyclic) bond motifs is 1. The van der Waals surface area contributed by atoms with E-state index < -0.39 is 17.6 Å². The van der Waals surface area contributed by atoms with E-state index in [0.29, 0.717) is 6.07 Å². The van der Waals surface area contributed by atoms with E-state index in [1.165, 1.54) is 6.33 Å². The Hall–Kier alpha value is -1.11. The highest BCUT2D eigenvalue weighted by atomic mass is 79.9. The van der Waals surface area contributed by atoms with Gasteiger partial charge in [-0.1, -0.05) is 0 Å². The van der Waals surface area contributed by atoms with Crippen molar-refractivity contribution in [2.45, 2.75) is 6.18 Å². The fraction of sp³-hybridized carbons (Fsp3) is 0.125. The quantitative estimate of drug-likeness (QED) is 0.737. The molecule has 0 saturated carbocycles. The van der Waals surface area contributed by atoms with Gasteiger partial charge in [0.25, 0.3) is 0 Å². The highest BCUT2D eigenvalue weighted by Gasteiger charge is 2.36. The van der Waals surface area contributed by atoms with Crippen molar-refractivity contribution in [3.8, 4) is 0 Å². The molecule has 0 bridgehead atoms. The van der Waals surface area contributed by atoms with Gasteiger partial charge in [0.05, 0.1) is 21.9 Å². The minimum atomic E-state index is -4.72. The molecule has 2 nitrogen and oxygen atoms in total. The highest BCUT2D eigenvalue weighted by Crippen LogP contribution is 2.37. The summed E-state index contributed by atoms with van der Waals surface area (Å²) in [5.74, 6) is -1.35. The molecule has 0 unspecified atom stereocenters. The molecular weight excluding hydrogens is 280 g/mol. The first-order valence-electron chi connectivity index (χ1n) is 3.79. The zero-order valence-corrected chi connectivity index (χ0v) is 8.58. The first-order chi connectivity index (χ1) is 6.91. The minimum Gasteiger partial charge on any atom is -0.345 e. The van der Waals surface area contributed by atoms with Gasteiger partial charge in [0.1, 0.15) is 5.52 Å². The molecule has 1 aromatic heterocycles. The third kappa shape index (κ3) is 1.60. The van der Waals surface area contributed by atoms with Crippen LogP contribution in [-0.4, -0.2) is 9.97 Å². The molecule has 0 fully saturated rings. The van der Waals surface area contributed by atoms with Crippen LogP contribution in [0.25, 0.3) is 11.0 Å². The number of rotatable bonds is 0. The molecule has 80 valence electrons. The largest absolute Gasteiger partial charge is 0.419 e. The van der Waals surface area contributed by atoms with Crippen molar-refractivity contribution in [2.75, 3.05) is 0 Å². The number of aromatic amines is 1. The Morgan fingerprint density at radius 2 is 2.00 bits per heavy atom. The van der Waals surface area contributed by atoms with E-state index in [9.17, 15) is 17.6 Å². The number of nitrogens with zero attached hydrogens (tertiary/aromatic N) is 1. The van der Waals surface area contributed by atoms with Gasteiger partial charge in [-0.2, -0.15) is 13.2 Å². The van der Waals surface area contributed by atoms with Crippen LogP contribution in [0.3, 0.4) is 0 Å². The lowest BCUT2D eigenvalue weighted by Gasteiger charge is -2.08. The Morgan fingerprint density at radius 3 is 2.60 bits per heavy atom. The maximum atomic E-state index is 13.3. The van der Waals surface area contributed by atoms with Crippen molar-refractivity contribution in [3.05, 3.63) is 28.2 Å². The molecule has 7 heteroatoms. The minimum absolute atomic E-state index is 0.135. The van der Waals surface area contributed by atoms with Crippen molar-refractivity contribution in [2.24, 2.45) is 0 Å². The number of benzene rings is 1. The second kappa shape index (κ2) is 3.19. The van der Waals surface area contributed by atoms with Crippen LogP contribution in [0, 0.1) is 5.82 Å². The summed E-state index contributed by atoms with van der Waals surface area (Å²) in [4.78, 5) is 6.18. The Morgan fingerprint density at radius 1 is 1.33 bits per heavy atom. The number of imidazole rings is 1. The maximum absolute atomic E-state index is 13.3. The molecule has 0 amide bonds. The van der Waals surface area contributed by atoms with Crippen molar-refractivity contribution in [3.63, 3.8) is 0 Å². The van der Waals surface area contributed by atoms with Crippen LogP contribution in [0.5, 0.6) is 0 Å². The lowest BCUT2D eigenvalue weighted by Crippen LogP contribution is -2.08. The summed E-state index contributed by atoms with van der Waals surface area (Å²) in [6.07, 6.45) is -3.51. The van der Waals surface area contributed by atoms with E-state index >= 15 is 0 Å². The molecule has 2 aromatic rings. The molecule has 0 radical (unpaired) electrons. The summed E-state index contributed by atoms with van der Waals surface area (Å²) < 4.78 is 50.1. The first-order valence-corrected chi connectivity index (χ1v) is 4.59. The number of nitrogens with one attached hydrogen (secondary N) is 1. The highest BCUT2D eigenvalue weighted by molar-refractivity contribution is 9.10. The van der Waals surface area contributed by atoms with Gasteiger partial charge in [0.15, 0.2) is 5.82 Å². The number of hydrogen-bond donors (Lipinski definition) is 1. The molecular formula is C8H3BrF4N2. The SMILES string of the molecule is Fc1c(C(F)(F)F)cc2[nH]cnc2c1Br. The van der Waals surface area contributed by atoms with Crippen molar-refractivity contribution in [1.29, 1.82) is 0 Å². The molecule has 1 aromatic carbocycles. The van der Waals surface area contributed by atoms with Crippen LogP contribution < -0.4 is 0 Å². The Bertz CT molecular complexity index is 517. The number of aromatic nitrogens is 2. The smallest absolute Gasteiger partial charge is 0.345 e. The van der Waals surface area contributed by atoms with Crippen molar-refractivity contribution in [1.82, 2.24) is 9.97 Å². The number of H-pyrrole nitrogens is 1. The molecule has 0 spiro atoms. The van der Waals surface area contributed by atoms with E-state index in [-0.39, 0.29) is 15.5 Å². The van der Waals surface area contributed by atoms with Crippen LogP contribution >= 0.6 is 15.9 Å². The predicted octanol–water partition coefficient (Wildman–Crippen LogP) is 3.48. The zero-order valence-electron chi connectivity index (χ0n) is 6.99. The van der Waals surface area contributed by atoms with E-state index in [0.717, 1.165) is 0 Å². The topological polar surface area (TPSA) is 28.7 Å². The summed E-state index contributed by atoms with van der Waals surface area (Å²) in [5, 5.41) is 0. The fourth-order valence-corrected chi connectivity index (χ4v) is 1.75. The van der Waals surface area contributed by atoms with Crippen LogP contribution in [-0.2, 0) is 6.18 Å². The first kappa shape index (κ1) is 10.4. The second-order valence-electron chi connectivity index (χ2n) is 2.85. The summed E-state index contributed by atoms with van der Waals surface area (Å²) in [5.41, 5.74) is -1.04. The van der Waals surface area contributed by atoms with Crippen molar-refractivity contribution < 1.29 is 17.6 Å². The third-order valence-corrected chi connectivity index (χ3v) is 2.62. The van der Waals surface area contributed by atoms with Gasteiger partial charge in [-0.3, -0.25) is 0 Å². The molecule has 0 aliphatic rings. The van der Waals surface area contributed by atoms with Gasteiger partial charge in [-0.25, -0.2) is 9.37 Å². The molecule has 1 heterocycles. The number of alkyl halides is 3. The summed E-state index contributed by atoms with van der Waals surface area (Å²) >= 11 is 2.75. The molecule has 0 atom stereocenters. The second-order valence-corrected chi connectivity index (χ2v) is 3.64. The Labute approximate surface area is 89.4 Å². The van der Waals surface area contributed by atoms with E-state index in [4.69, 9.17) is 0 Å². The average Bonchev–Trinajstić information content (AvgIpc) is 2.57. The average molecular weight is 283 g/mol. The van der Waals surface area contributed by atoms with Crippen LogP contribution in [0.4, 0.5) is 17.6 Å².